The van der Waals surface area contributed by atoms with Crippen molar-refractivity contribution in [2.75, 3.05) is 20.7 Å². The van der Waals surface area contributed by atoms with Gasteiger partial charge in [0.25, 0.3) is 0 Å². The molecule has 1 N–H and O–H groups in total. The fraction of sp³-hybridized carbons (Fsp3) is 0.579. The molecule has 0 saturated carbocycles. The van der Waals surface area contributed by atoms with E-state index >= 15 is 0 Å². The molecule has 2 aliphatic heterocycles. The lowest BCUT2D eigenvalue weighted by molar-refractivity contribution is -0.0445. The van der Waals surface area contributed by atoms with Gasteiger partial charge in [0.2, 0.25) is 0 Å². The van der Waals surface area contributed by atoms with Gasteiger partial charge < -0.3 is 19.5 Å². The van der Waals surface area contributed by atoms with Gasteiger partial charge in [-0.2, -0.15) is 0 Å². The summed E-state index contributed by atoms with van der Waals surface area (Å²) in [6.45, 7) is 7.12. The van der Waals surface area contributed by atoms with Crippen molar-refractivity contribution in [1.29, 1.82) is 0 Å². The molecule has 4 heteroatoms. The highest BCUT2D eigenvalue weighted by Gasteiger charge is 2.62. The Labute approximate surface area is 137 Å². The van der Waals surface area contributed by atoms with Crippen LogP contribution in [-0.2, 0) is 11.8 Å². The van der Waals surface area contributed by atoms with Gasteiger partial charge in [0.1, 0.15) is 12.2 Å². The molecule has 4 nitrogen and oxygen atoms in total. The average molecular weight is 315 g/mol. The van der Waals surface area contributed by atoms with Crippen LogP contribution in [-0.4, -0.2) is 49.0 Å². The molecular weight excluding hydrogens is 290 g/mol. The van der Waals surface area contributed by atoms with E-state index < -0.39 is 6.10 Å². The molecule has 1 spiro atoms. The molecular formula is C19H25NO3. The van der Waals surface area contributed by atoms with Gasteiger partial charge in [-0.15, -0.1) is 6.58 Å². The first-order valence-corrected chi connectivity index (χ1v) is 8.42. The molecule has 0 amide bonds. The van der Waals surface area contributed by atoms with E-state index in [4.69, 9.17) is 9.47 Å². The number of hydrogen-bond donors (Lipinski definition) is 1. The minimum absolute atomic E-state index is 0.151. The Morgan fingerprint density at radius 2 is 2.30 bits per heavy atom. The Balaban J connectivity index is 1.97. The van der Waals surface area contributed by atoms with Crippen molar-refractivity contribution in [2.24, 2.45) is 5.92 Å². The Morgan fingerprint density at radius 1 is 1.52 bits per heavy atom. The average Bonchev–Trinajstić information content (AvgIpc) is 2.90. The van der Waals surface area contributed by atoms with E-state index in [0.29, 0.717) is 12.0 Å². The summed E-state index contributed by atoms with van der Waals surface area (Å²) in [4.78, 5) is 2.46. The molecule has 3 aliphatic rings. The largest absolute Gasteiger partial charge is 0.493 e. The summed E-state index contributed by atoms with van der Waals surface area (Å²) in [6, 6.07) is 4.66. The molecule has 0 aromatic heterocycles. The lowest BCUT2D eigenvalue weighted by atomic mass is 9.55. The molecule has 4 rings (SSSR count). The molecule has 0 radical (unpaired) electrons. The Bertz CT molecular complexity index is 658. The lowest BCUT2D eigenvalue weighted by Gasteiger charge is -2.54. The first-order valence-electron chi connectivity index (χ1n) is 8.42. The minimum atomic E-state index is -0.676. The summed E-state index contributed by atoms with van der Waals surface area (Å²) in [5.41, 5.74) is 2.47. The van der Waals surface area contributed by atoms with Gasteiger partial charge in [0.15, 0.2) is 11.5 Å². The normalized spacial score (nSPS) is 36.1. The molecule has 2 bridgehead atoms. The fourth-order valence-corrected chi connectivity index (χ4v) is 5.23. The molecule has 124 valence electrons. The van der Waals surface area contributed by atoms with Crippen LogP contribution in [0.15, 0.2) is 24.8 Å². The number of piperidine rings is 1. The molecule has 1 saturated heterocycles. The predicted molar refractivity (Wildman–Crippen MR) is 89.2 cm³/mol. The molecule has 23 heavy (non-hydrogen) atoms. The van der Waals surface area contributed by atoms with Gasteiger partial charge in [-0.3, -0.25) is 0 Å². The second kappa shape index (κ2) is 4.99. The Morgan fingerprint density at radius 3 is 3.00 bits per heavy atom. The zero-order valence-electron chi connectivity index (χ0n) is 14.1. The minimum Gasteiger partial charge on any atom is -0.493 e. The topological polar surface area (TPSA) is 41.9 Å². The summed E-state index contributed by atoms with van der Waals surface area (Å²) in [6.07, 6.45) is 2.67. The van der Waals surface area contributed by atoms with Crippen LogP contribution in [0, 0.1) is 5.92 Å². The number of ether oxygens (including phenoxy) is 2. The number of likely N-dealkylation sites (tertiary alicyclic amines) is 1. The number of fused-ring (bicyclic) bond motifs is 1. The summed E-state index contributed by atoms with van der Waals surface area (Å²) in [7, 11) is 3.88. The van der Waals surface area contributed by atoms with Crippen molar-refractivity contribution >= 4 is 0 Å². The smallest absolute Gasteiger partial charge is 0.165 e. The monoisotopic (exact) mass is 315 g/mol. The summed E-state index contributed by atoms with van der Waals surface area (Å²) >= 11 is 0. The number of aliphatic hydroxyl groups excluding tert-OH is 1. The fourth-order valence-electron chi connectivity index (χ4n) is 5.23. The highest BCUT2D eigenvalue weighted by atomic mass is 16.5. The molecule has 1 aliphatic carbocycles. The van der Waals surface area contributed by atoms with Crippen molar-refractivity contribution in [1.82, 2.24) is 4.90 Å². The summed E-state index contributed by atoms with van der Waals surface area (Å²) in [5.74, 6) is 2.03. The summed E-state index contributed by atoms with van der Waals surface area (Å²) < 4.78 is 11.9. The number of likely N-dealkylation sites (N-methyl/N-ethyl adjacent to an activating group) is 1. The van der Waals surface area contributed by atoms with Crippen LogP contribution in [0.3, 0.4) is 0 Å². The molecule has 1 fully saturated rings. The van der Waals surface area contributed by atoms with Crippen molar-refractivity contribution in [3.8, 4) is 11.5 Å². The number of benzene rings is 1. The summed E-state index contributed by atoms with van der Waals surface area (Å²) in [5, 5.41) is 10.6. The standard InChI is InChI=1S/C19H25NO3/c1-5-14(21)18-19-8-9-20(3)13(11(19)2)10-12-6-7-15(22-4)17(23-18)16(12)19/h5-7,11,13-14,18,21H,1,8-10H2,2-4H3. The number of hydrogen-bond acceptors (Lipinski definition) is 4. The van der Waals surface area contributed by atoms with E-state index in [1.54, 1.807) is 13.2 Å². The molecule has 5 atom stereocenters. The van der Waals surface area contributed by atoms with Gasteiger partial charge in [0, 0.05) is 17.0 Å². The third-order valence-electron chi connectivity index (χ3n) is 6.46. The first-order chi connectivity index (χ1) is 11.0. The number of aliphatic hydroxyl groups is 1. The van der Waals surface area contributed by atoms with Crippen molar-refractivity contribution in [3.05, 3.63) is 35.9 Å². The molecule has 1 aromatic carbocycles. The zero-order chi connectivity index (χ0) is 16.4. The van der Waals surface area contributed by atoms with Gasteiger partial charge in [-0.25, -0.2) is 0 Å². The first kappa shape index (κ1) is 15.0. The van der Waals surface area contributed by atoms with Crippen LogP contribution in [0.25, 0.3) is 0 Å². The number of methoxy groups -OCH3 is 1. The quantitative estimate of drug-likeness (QED) is 0.868. The van der Waals surface area contributed by atoms with Gasteiger partial charge >= 0.3 is 0 Å². The molecule has 2 heterocycles. The SMILES string of the molecule is C=CC(O)C1Oc2c(OC)ccc3c2C12CCN(C)C(C3)C2C. The van der Waals surface area contributed by atoms with E-state index in [9.17, 15) is 5.11 Å². The third kappa shape index (κ3) is 1.74. The Hall–Kier alpha value is -1.52. The second-order valence-electron chi connectivity index (χ2n) is 7.23. The van der Waals surface area contributed by atoms with Crippen molar-refractivity contribution in [3.63, 3.8) is 0 Å². The van der Waals surface area contributed by atoms with Crippen LogP contribution >= 0.6 is 0 Å². The molecule has 1 aromatic rings. The highest BCUT2D eigenvalue weighted by Crippen LogP contribution is 2.60. The maximum absolute atomic E-state index is 10.6. The number of rotatable bonds is 3. The Kier molecular flexibility index (Phi) is 3.26. The van der Waals surface area contributed by atoms with Gasteiger partial charge in [-0.05, 0) is 44.0 Å². The number of nitrogens with zero attached hydrogens (tertiary/aromatic N) is 1. The molecule has 5 unspecified atom stereocenters. The maximum Gasteiger partial charge on any atom is 0.165 e. The van der Waals surface area contributed by atoms with Crippen molar-refractivity contribution < 1.29 is 14.6 Å². The van der Waals surface area contributed by atoms with Gasteiger partial charge in [0.05, 0.1) is 7.11 Å². The van der Waals surface area contributed by atoms with Crippen LogP contribution < -0.4 is 9.47 Å². The van der Waals surface area contributed by atoms with E-state index in [0.717, 1.165) is 30.9 Å². The van der Waals surface area contributed by atoms with Crippen molar-refractivity contribution in [2.45, 2.75) is 43.4 Å². The van der Waals surface area contributed by atoms with E-state index in [1.165, 1.54) is 11.1 Å². The van der Waals surface area contributed by atoms with Crippen LogP contribution in [0.5, 0.6) is 11.5 Å². The van der Waals surface area contributed by atoms with E-state index in [-0.39, 0.29) is 11.5 Å². The highest BCUT2D eigenvalue weighted by molar-refractivity contribution is 5.60. The van der Waals surface area contributed by atoms with E-state index in [2.05, 4.69) is 31.5 Å². The second-order valence-corrected chi connectivity index (χ2v) is 7.23. The maximum atomic E-state index is 10.6. The van der Waals surface area contributed by atoms with Crippen LogP contribution in [0.4, 0.5) is 0 Å². The van der Waals surface area contributed by atoms with E-state index in [1.807, 2.05) is 6.07 Å². The van der Waals surface area contributed by atoms with Gasteiger partial charge in [-0.1, -0.05) is 19.1 Å². The zero-order valence-corrected chi connectivity index (χ0v) is 14.1. The predicted octanol–water partition coefficient (Wildman–Crippen LogP) is 2.14. The van der Waals surface area contributed by atoms with Crippen LogP contribution in [0.2, 0.25) is 0 Å². The third-order valence-corrected chi connectivity index (χ3v) is 6.46. The lowest BCUT2D eigenvalue weighted by Crippen LogP contribution is -2.62. The van der Waals surface area contributed by atoms with Crippen LogP contribution in [0.1, 0.15) is 24.5 Å².